The number of carbonyl (C=O) groups excluding carboxylic acids is 2. The number of carbonyl (C=O) groups is 2. The molecule has 0 radical (unpaired) electrons. The zero-order valence-electron chi connectivity index (χ0n) is 56.1. The second kappa shape index (κ2) is 63.5. The summed E-state index contributed by atoms with van der Waals surface area (Å²) in [5.41, 5.74) is 0. The highest BCUT2D eigenvalue weighted by Crippen LogP contribution is 2.38. The van der Waals surface area contributed by atoms with Crippen molar-refractivity contribution in [3.05, 3.63) is 72.9 Å². The Labute approximate surface area is 521 Å². The van der Waals surface area contributed by atoms with E-state index >= 15 is 0 Å². The smallest absolute Gasteiger partial charge is 0.306 e. The Morgan fingerprint density at radius 3 is 1.11 bits per heavy atom. The largest absolute Gasteiger partial charge is 0.756 e. The number of esters is 1. The van der Waals surface area contributed by atoms with Crippen LogP contribution in [0.25, 0.3) is 0 Å². The molecule has 1 N–H and O–H groups in total. The van der Waals surface area contributed by atoms with Crippen molar-refractivity contribution in [1.82, 2.24) is 5.32 Å². The molecule has 0 aromatic carbocycles. The second-order valence-corrected chi connectivity index (χ2v) is 26.8. The van der Waals surface area contributed by atoms with Crippen molar-refractivity contribution < 1.29 is 37.3 Å². The van der Waals surface area contributed by atoms with Crippen molar-refractivity contribution in [1.29, 1.82) is 0 Å². The number of phosphoric acid groups is 1. The van der Waals surface area contributed by atoms with Crippen molar-refractivity contribution >= 4 is 19.7 Å². The standard InChI is InChI=1S/C74H137N2O7P/c1-7-10-13-16-19-22-25-28-30-32-34-36-37-38-39-41-43-45-47-49-52-55-58-61-64-67-74(78)83-72(65-62-59-56-53-50-27-24-21-18-15-12-9-3)71(70-82-84(79,80)81-69-68-76(4,5)6)75-73(77)66-63-60-57-54-51-48-46-44-42-40-35-33-31-29-26-23-20-17-14-11-8-2/h19-20,22-23,28-31,35,40,62,65,71-72H,7-18,21,24-27,32-34,36-39,41-61,63-64,66-70H2,1-6H3,(H-,75,77,79,80)/b22-19-,23-20-,30-28-,31-29-,40-35-,65-62+. The molecule has 0 aliphatic heterocycles. The van der Waals surface area contributed by atoms with Crippen LogP contribution in [-0.4, -0.2) is 69.4 Å². The molecule has 0 saturated heterocycles. The Morgan fingerprint density at radius 2 is 0.726 bits per heavy atom. The lowest BCUT2D eigenvalue weighted by Gasteiger charge is -2.30. The summed E-state index contributed by atoms with van der Waals surface area (Å²) in [6, 6.07) is -0.895. The Kier molecular flexibility index (Phi) is 61.5. The molecule has 9 nitrogen and oxygen atoms in total. The predicted molar refractivity (Wildman–Crippen MR) is 362 cm³/mol. The lowest BCUT2D eigenvalue weighted by molar-refractivity contribution is -0.870. The van der Waals surface area contributed by atoms with Crippen molar-refractivity contribution in [3.63, 3.8) is 0 Å². The number of rotatable bonds is 65. The van der Waals surface area contributed by atoms with Gasteiger partial charge in [-0.15, -0.1) is 0 Å². The van der Waals surface area contributed by atoms with Crippen LogP contribution in [-0.2, 0) is 27.9 Å². The van der Waals surface area contributed by atoms with E-state index in [4.69, 9.17) is 13.8 Å². The molecule has 0 spiro atoms. The number of unbranched alkanes of at least 4 members (excludes halogenated alkanes) is 39. The molecular weight excluding hydrogens is 1060 g/mol. The summed E-state index contributed by atoms with van der Waals surface area (Å²) in [5, 5.41) is 3.04. The molecule has 0 rings (SSSR count). The van der Waals surface area contributed by atoms with Crippen LogP contribution in [0.5, 0.6) is 0 Å². The van der Waals surface area contributed by atoms with Gasteiger partial charge < -0.3 is 28.5 Å². The molecule has 1 amide bonds. The topological polar surface area (TPSA) is 114 Å². The summed E-state index contributed by atoms with van der Waals surface area (Å²) in [6.45, 7) is 6.82. The fraction of sp³-hybridized carbons (Fsp3) is 0.811. The maximum Gasteiger partial charge on any atom is 0.306 e. The summed E-state index contributed by atoms with van der Waals surface area (Å²) in [5.74, 6) is -0.540. The van der Waals surface area contributed by atoms with E-state index in [0.29, 0.717) is 17.4 Å². The molecule has 0 aromatic heterocycles. The number of hydrogen-bond acceptors (Lipinski definition) is 7. The van der Waals surface area contributed by atoms with E-state index in [9.17, 15) is 19.0 Å². The molecule has 0 aliphatic rings. The number of allylic oxidation sites excluding steroid dienone is 11. The zero-order chi connectivity index (χ0) is 61.4. The molecule has 490 valence electrons. The van der Waals surface area contributed by atoms with Crippen molar-refractivity contribution in [2.45, 2.75) is 348 Å². The van der Waals surface area contributed by atoms with E-state index in [1.165, 1.54) is 212 Å². The van der Waals surface area contributed by atoms with E-state index in [1.807, 2.05) is 33.3 Å². The van der Waals surface area contributed by atoms with Gasteiger partial charge in [0.05, 0.1) is 33.8 Å². The van der Waals surface area contributed by atoms with Gasteiger partial charge in [0, 0.05) is 12.8 Å². The lowest BCUT2D eigenvalue weighted by atomic mass is 10.0. The van der Waals surface area contributed by atoms with Gasteiger partial charge in [-0.25, -0.2) is 0 Å². The molecule has 10 heteroatoms. The van der Waals surface area contributed by atoms with Gasteiger partial charge in [-0.1, -0.05) is 293 Å². The summed E-state index contributed by atoms with van der Waals surface area (Å²) < 4.78 is 30.5. The summed E-state index contributed by atoms with van der Waals surface area (Å²) in [4.78, 5) is 40.2. The Hall–Kier alpha value is -2.55. The number of nitrogens with one attached hydrogen (secondary N) is 1. The predicted octanol–water partition coefficient (Wildman–Crippen LogP) is 22.1. The number of amides is 1. The van der Waals surface area contributed by atoms with Crippen LogP contribution in [0.3, 0.4) is 0 Å². The minimum Gasteiger partial charge on any atom is -0.756 e. The minimum absolute atomic E-state index is 0.0249. The van der Waals surface area contributed by atoms with E-state index in [0.717, 1.165) is 89.9 Å². The van der Waals surface area contributed by atoms with E-state index in [2.05, 4.69) is 86.8 Å². The lowest BCUT2D eigenvalue weighted by Crippen LogP contribution is -2.47. The second-order valence-electron chi connectivity index (χ2n) is 25.4. The van der Waals surface area contributed by atoms with Gasteiger partial charge in [0.1, 0.15) is 19.3 Å². The van der Waals surface area contributed by atoms with Gasteiger partial charge in [-0.2, -0.15) is 0 Å². The number of ether oxygens (including phenoxy) is 1. The fourth-order valence-corrected chi connectivity index (χ4v) is 11.0. The van der Waals surface area contributed by atoms with E-state index < -0.39 is 26.6 Å². The third-order valence-electron chi connectivity index (χ3n) is 15.9. The molecular formula is C74H137N2O7P. The van der Waals surface area contributed by atoms with Gasteiger partial charge in [0.2, 0.25) is 5.91 Å². The average Bonchev–Trinajstić information content (AvgIpc) is 3.64. The molecule has 0 aromatic rings. The zero-order valence-corrected chi connectivity index (χ0v) is 57.0. The Balaban J connectivity index is 5.06. The van der Waals surface area contributed by atoms with Gasteiger partial charge in [0.15, 0.2) is 0 Å². The maximum atomic E-state index is 13.6. The third kappa shape index (κ3) is 63.9. The van der Waals surface area contributed by atoms with Crippen LogP contribution in [0.1, 0.15) is 335 Å². The molecule has 3 atom stereocenters. The number of hydrogen-bond donors (Lipinski definition) is 1. The first-order valence-corrected chi connectivity index (χ1v) is 37.2. The summed E-state index contributed by atoms with van der Waals surface area (Å²) >= 11 is 0. The quantitative estimate of drug-likeness (QED) is 0.0212. The monoisotopic (exact) mass is 1200 g/mol. The van der Waals surface area contributed by atoms with Crippen LogP contribution in [0.4, 0.5) is 0 Å². The molecule has 3 unspecified atom stereocenters. The Bertz CT molecular complexity index is 1670. The van der Waals surface area contributed by atoms with Gasteiger partial charge >= 0.3 is 5.97 Å². The van der Waals surface area contributed by atoms with Crippen LogP contribution < -0.4 is 10.2 Å². The number of quaternary nitrogens is 1. The number of nitrogens with zero attached hydrogens (tertiary/aromatic N) is 1. The van der Waals surface area contributed by atoms with Gasteiger partial charge in [-0.3, -0.25) is 14.2 Å². The van der Waals surface area contributed by atoms with E-state index in [1.54, 1.807) is 0 Å². The maximum absolute atomic E-state index is 13.6. The first kappa shape index (κ1) is 81.5. The molecule has 0 heterocycles. The van der Waals surface area contributed by atoms with Gasteiger partial charge in [0.25, 0.3) is 7.82 Å². The van der Waals surface area contributed by atoms with Crippen LogP contribution in [0.2, 0.25) is 0 Å². The van der Waals surface area contributed by atoms with Crippen molar-refractivity contribution in [3.8, 4) is 0 Å². The SMILES string of the molecule is CCCCC/C=C\C/C=C\C/C=C\CCCCCCCCCCC(=O)NC(COP(=O)([O-])OCC[N+](C)(C)C)C(/C=C/CCCCCCCCCCCC)OC(=O)CCCCCCCCCCCCCCCCC/C=C\C/C=C\CCCCC. The highest BCUT2D eigenvalue weighted by molar-refractivity contribution is 7.45. The van der Waals surface area contributed by atoms with Crippen LogP contribution >= 0.6 is 7.82 Å². The summed E-state index contributed by atoms with van der Waals surface area (Å²) in [7, 11) is 1.18. The number of likely N-dealkylation sites (N-methyl/N-ethyl adjacent to an activating group) is 1. The first-order chi connectivity index (χ1) is 40.9. The van der Waals surface area contributed by atoms with Gasteiger partial charge in [-0.05, 0) is 102 Å². The highest BCUT2D eigenvalue weighted by Gasteiger charge is 2.27. The van der Waals surface area contributed by atoms with Crippen molar-refractivity contribution in [2.24, 2.45) is 0 Å². The minimum atomic E-state index is -4.71. The molecule has 0 bridgehead atoms. The fourth-order valence-electron chi connectivity index (χ4n) is 10.3. The third-order valence-corrected chi connectivity index (χ3v) is 16.8. The first-order valence-electron chi connectivity index (χ1n) is 35.7. The Morgan fingerprint density at radius 1 is 0.417 bits per heavy atom. The normalized spacial score (nSPS) is 13.9. The highest BCUT2D eigenvalue weighted by atomic mass is 31.2. The summed E-state index contributed by atoms with van der Waals surface area (Å²) in [6.07, 6.45) is 83.1. The van der Waals surface area contributed by atoms with Crippen LogP contribution in [0, 0.1) is 0 Å². The molecule has 0 saturated carbocycles. The average molecular weight is 1200 g/mol. The number of phosphoric ester groups is 1. The molecule has 0 fully saturated rings. The van der Waals surface area contributed by atoms with Crippen LogP contribution in [0.15, 0.2) is 72.9 Å². The molecule has 0 aliphatic carbocycles. The van der Waals surface area contributed by atoms with E-state index in [-0.39, 0.29) is 24.9 Å². The van der Waals surface area contributed by atoms with Crippen molar-refractivity contribution in [2.75, 3.05) is 40.9 Å². The molecule has 84 heavy (non-hydrogen) atoms.